The van der Waals surface area contributed by atoms with Crippen molar-refractivity contribution in [1.29, 1.82) is 0 Å². The molecule has 0 amide bonds. The van der Waals surface area contributed by atoms with E-state index in [4.69, 9.17) is 4.55 Å². The number of azo groups is 1. The number of aromatic nitrogens is 1. The quantitative estimate of drug-likeness (QED) is 0.123. The molecule has 0 bridgehead atoms. The van der Waals surface area contributed by atoms with Gasteiger partial charge >= 0.3 is 0 Å². The van der Waals surface area contributed by atoms with Crippen molar-refractivity contribution >= 4 is 57.8 Å². The zero-order valence-electron chi connectivity index (χ0n) is 24.4. The van der Waals surface area contributed by atoms with Crippen LogP contribution in [0.2, 0.25) is 0 Å². The van der Waals surface area contributed by atoms with Gasteiger partial charge in [0.2, 0.25) is 0 Å². The molecule has 4 rings (SSSR count). The lowest BCUT2D eigenvalue weighted by Gasteiger charge is -2.48. The van der Waals surface area contributed by atoms with Gasteiger partial charge in [0.05, 0.1) is 27.6 Å². The molecule has 7 N–H and O–H groups in total. The molecule has 44 heavy (non-hydrogen) atoms. The molecule has 1 saturated heterocycles. The maximum atomic E-state index is 12.5. The molecule has 20 heteroatoms. The number of rotatable bonds is 12. The second-order valence-corrected chi connectivity index (χ2v) is 16.6. The summed E-state index contributed by atoms with van der Waals surface area (Å²) >= 11 is 0.997. The first-order valence-corrected chi connectivity index (χ1v) is 19.5. The Hall–Kier alpha value is -1.72. The Morgan fingerprint density at radius 3 is 2.43 bits per heavy atom. The smallest absolute Gasteiger partial charge is 0.294 e. The van der Waals surface area contributed by atoms with E-state index in [9.17, 15) is 34.4 Å². The van der Waals surface area contributed by atoms with Crippen LogP contribution in [0, 0.1) is 17.8 Å². The van der Waals surface area contributed by atoms with Crippen molar-refractivity contribution in [2.24, 2.45) is 28.0 Å². The topological polar surface area (TPSA) is 249 Å². The lowest BCUT2D eigenvalue weighted by atomic mass is 9.69. The van der Waals surface area contributed by atoms with Crippen molar-refractivity contribution in [3.05, 3.63) is 18.2 Å². The molecule has 0 radical (unpaired) electrons. The average Bonchev–Trinajstić information content (AvgIpc) is 3.33. The molecule has 2 fully saturated rings. The summed E-state index contributed by atoms with van der Waals surface area (Å²) in [5.41, 5.74) is 0.471. The van der Waals surface area contributed by atoms with Gasteiger partial charge in [0.15, 0.2) is 5.00 Å². The number of hydrogen-bond donors (Lipinski definition) is 7. The molecule has 1 aromatic heterocycles. The second kappa shape index (κ2) is 14.0. The summed E-state index contributed by atoms with van der Waals surface area (Å²) in [5.74, 6) is -1.10. The Bertz CT molecular complexity index is 1670. The fourth-order valence-electron chi connectivity index (χ4n) is 6.33. The predicted molar refractivity (Wildman–Crippen MR) is 164 cm³/mol. The van der Waals surface area contributed by atoms with E-state index in [0.29, 0.717) is 28.7 Å². The molecule has 0 spiro atoms. The van der Waals surface area contributed by atoms with E-state index in [1.165, 1.54) is 18.2 Å². The average molecular weight is 698 g/mol. The van der Waals surface area contributed by atoms with Gasteiger partial charge in [0.1, 0.15) is 12.3 Å². The molecule has 248 valence electrons. The molecule has 2 aliphatic rings. The number of benzene rings is 1. The van der Waals surface area contributed by atoms with Gasteiger partial charge in [0.25, 0.3) is 30.4 Å². The highest BCUT2D eigenvalue weighted by atomic mass is 32.2. The predicted octanol–water partition coefficient (Wildman–Crippen LogP) is 1.58. The van der Waals surface area contributed by atoms with Crippen LogP contribution in [0.1, 0.15) is 40.0 Å². The molecule has 8 atom stereocenters. The van der Waals surface area contributed by atoms with Crippen LogP contribution in [-0.2, 0) is 30.4 Å². The standard InChI is InChI=1S/C24H39N7O9S4/c1-4-14-10-13(3)21(44(38,39)40)16(5-2)20(14)27-22-19(12-26-24(28-22)25-8-9-42(32,33)34)29-30-23-17-11-15(43(35,36)37)6-7-18(17)31-41-23/h6-7,11,13-14,16,19-22,24-28H,4-5,8-10,12H2,1-3H3,(H,32,33,34)(H,35,36,37)(H,38,39,40). The van der Waals surface area contributed by atoms with Crippen LogP contribution in [0.5, 0.6) is 0 Å². The fraction of sp³-hybridized carbons (Fsp3) is 0.708. The normalized spacial score (nSPS) is 30.7. The summed E-state index contributed by atoms with van der Waals surface area (Å²) in [4.78, 5) is -0.308. The van der Waals surface area contributed by atoms with E-state index < -0.39 is 65.8 Å². The SMILES string of the molecule is CCC1CC(C)C(S(=O)(=O)O)C(CC)C1NC1NC(NCCS(=O)(=O)O)NCC1N=Nc1snc2ccc(S(=O)(=O)O)cc12. The van der Waals surface area contributed by atoms with Crippen molar-refractivity contribution in [3.63, 3.8) is 0 Å². The minimum atomic E-state index is -4.45. The first-order chi connectivity index (χ1) is 20.5. The third-order valence-electron chi connectivity index (χ3n) is 8.33. The van der Waals surface area contributed by atoms with Crippen LogP contribution in [0.4, 0.5) is 5.00 Å². The summed E-state index contributed by atoms with van der Waals surface area (Å²) in [5, 5.41) is 21.6. The van der Waals surface area contributed by atoms with Crippen LogP contribution < -0.4 is 21.3 Å². The fourth-order valence-corrected chi connectivity index (χ4v) is 9.40. The Kier molecular flexibility index (Phi) is 11.1. The van der Waals surface area contributed by atoms with Crippen LogP contribution in [0.15, 0.2) is 33.3 Å². The summed E-state index contributed by atoms with van der Waals surface area (Å²) in [6, 6.07) is 3.04. The highest BCUT2D eigenvalue weighted by Crippen LogP contribution is 2.41. The Morgan fingerprint density at radius 2 is 1.82 bits per heavy atom. The van der Waals surface area contributed by atoms with Gasteiger partial charge in [-0.15, -0.1) is 5.11 Å². The minimum Gasteiger partial charge on any atom is -0.297 e. The molecular weight excluding hydrogens is 659 g/mol. The van der Waals surface area contributed by atoms with Crippen molar-refractivity contribution < 1.29 is 38.9 Å². The molecule has 1 aromatic carbocycles. The van der Waals surface area contributed by atoms with Gasteiger partial charge in [-0.05, 0) is 53.9 Å². The monoisotopic (exact) mass is 697 g/mol. The minimum absolute atomic E-state index is 0.0632. The van der Waals surface area contributed by atoms with E-state index in [0.717, 1.165) is 18.0 Å². The van der Waals surface area contributed by atoms with Crippen molar-refractivity contribution in [2.45, 2.75) is 74.7 Å². The summed E-state index contributed by atoms with van der Waals surface area (Å²) in [7, 11) is -13.0. The first-order valence-electron chi connectivity index (χ1n) is 14.2. The molecule has 16 nitrogen and oxygen atoms in total. The third kappa shape index (κ3) is 8.55. The second-order valence-electron chi connectivity index (χ2n) is 11.3. The highest BCUT2D eigenvalue weighted by Gasteiger charge is 2.48. The molecule has 2 heterocycles. The third-order valence-corrected chi connectivity index (χ3v) is 12.2. The van der Waals surface area contributed by atoms with Gasteiger partial charge in [-0.3, -0.25) is 34.9 Å². The van der Waals surface area contributed by atoms with Gasteiger partial charge in [-0.2, -0.15) is 34.7 Å². The van der Waals surface area contributed by atoms with Gasteiger partial charge in [-0.25, -0.2) is 0 Å². The Labute approximate surface area is 261 Å². The van der Waals surface area contributed by atoms with Crippen molar-refractivity contribution in [3.8, 4) is 0 Å². The molecule has 8 unspecified atom stereocenters. The van der Waals surface area contributed by atoms with E-state index in [-0.39, 0.29) is 35.9 Å². The zero-order valence-corrected chi connectivity index (χ0v) is 27.6. The molecule has 1 aliphatic carbocycles. The summed E-state index contributed by atoms with van der Waals surface area (Å²) < 4.78 is 104. The van der Waals surface area contributed by atoms with Crippen LogP contribution in [0.3, 0.4) is 0 Å². The molecule has 1 aliphatic heterocycles. The molecule has 1 saturated carbocycles. The Balaban J connectivity index is 1.64. The lowest BCUT2D eigenvalue weighted by Crippen LogP contribution is -2.72. The van der Waals surface area contributed by atoms with Crippen LogP contribution in [0.25, 0.3) is 10.9 Å². The van der Waals surface area contributed by atoms with Crippen molar-refractivity contribution in [1.82, 2.24) is 25.6 Å². The number of fused-ring (bicyclic) bond motifs is 1. The maximum absolute atomic E-state index is 12.5. The van der Waals surface area contributed by atoms with E-state index in [1.807, 2.05) is 20.8 Å². The van der Waals surface area contributed by atoms with Crippen LogP contribution in [-0.4, -0.2) is 91.9 Å². The molecule has 2 aromatic rings. The van der Waals surface area contributed by atoms with Gasteiger partial charge in [0, 0.05) is 24.5 Å². The first kappa shape index (κ1) is 35.1. The van der Waals surface area contributed by atoms with Gasteiger partial charge in [-0.1, -0.05) is 33.6 Å². The van der Waals surface area contributed by atoms with E-state index in [1.54, 1.807) is 0 Å². The highest BCUT2D eigenvalue weighted by molar-refractivity contribution is 7.86. The summed E-state index contributed by atoms with van der Waals surface area (Å²) in [6.07, 6.45) is 0.596. The largest absolute Gasteiger partial charge is 0.297 e. The number of nitrogens with one attached hydrogen (secondary N) is 4. The van der Waals surface area contributed by atoms with E-state index in [2.05, 4.69) is 35.9 Å². The van der Waals surface area contributed by atoms with Crippen molar-refractivity contribution in [2.75, 3.05) is 18.8 Å². The number of nitrogens with zero attached hydrogens (tertiary/aromatic N) is 3. The number of hydrogen-bond acceptors (Lipinski definition) is 14. The zero-order chi connectivity index (χ0) is 32.4. The molecular formula is C24H39N7O9S4. The van der Waals surface area contributed by atoms with Gasteiger partial charge < -0.3 is 0 Å². The Morgan fingerprint density at radius 1 is 1.09 bits per heavy atom. The lowest BCUT2D eigenvalue weighted by molar-refractivity contribution is 0.0973. The van der Waals surface area contributed by atoms with Crippen LogP contribution >= 0.6 is 11.5 Å². The summed E-state index contributed by atoms with van der Waals surface area (Å²) in [6.45, 7) is 5.91. The van der Waals surface area contributed by atoms with E-state index >= 15 is 0 Å². The maximum Gasteiger partial charge on any atom is 0.294 e.